The highest BCUT2D eigenvalue weighted by molar-refractivity contribution is 5.94. The molecule has 3 rings (SSSR count). The second kappa shape index (κ2) is 7.41. The van der Waals surface area contributed by atoms with Crippen LogP contribution < -0.4 is 0 Å². The molecule has 1 saturated heterocycles. The fourth-order valence-electron chi connectivity index (χ4n) is 4.35. The van der Waals surface area contributed by atoms with E-state index in [-0.39, 0.29) is 34.8 Å². The van der Waals surface area contributed by atoms with Crippen LogP contribution in [0.4, 0.5) is 13.2 Å². The molecule has 1 aliphatic carbocycles. The SMILES string of the molecule is CN(C(=O)c1ccc(C(F)(F)F)cc1)C1CCN(C(=O)C2CC(C)(C)C2)CC1. The number of nitrogens with zero attached hydrogens (tertiary/aromatic N) is 2. The first kappa shape index (κ1) is 20.7. The Morgan fingerprint density at radius 1 is 1.07 bits per heavy atom. The first-order chi connectivity index (χ1) is 13.0. The Kier molecular flexibility index (Phi) is 5.47. The molecule has 1 heterocycles. The lowest BCUT2D eigenvalue weighted by atomic mass is 9.64. The van der Waals surface area contributed by atoms with Gasteiger partial charge in [-0.15, -0.1) is 0 Å². The van der Waals surface area contributed by atoms with Gasteiger partial charge >= 0.3 is 6.18 Å². The number of likely N-dealkylation sites (tertiary alicyclic amines) is 1. The topological polar surface area (TPSA) is 40.6 Å². The van der Waals surface area contributed by atoms with Crippen molar-refractivity contribution in [1.29, 1.82) is 0 Å². The number of halogens is 3. The lowest BCUT2D eigenvalue weighted by molar-refractivity contribution is -0.144. The Bertz CT molecular complexity index is 727. The first-order valence-electron chi connectivity index (χ1n) is 9.71. The van der Waals surface area contributed by atoms with Crippen molar-refractivity contribution >= 4 is 11.8 Å². The van der Waals surface area contributed by atoms with E-state index in [1.54, 1.807) is 11.9 Å². The summed E-state index contributed by atoms with van der Waals surface area (Å²) in [5, 5.41) is 0. The Morgan fingerprint density at radius 2 is 1.61 bits per heavy atom. The molecule has 2 fully saturated rings. The smallest absolute Gasteiger partial charge is 0.342 e. The van der Waals surface area contributed by atoms with E-state index < -0.39 is 11.7 Å². The molecule has 2 amide bonds. The minimum atomic E-state index is -4.41. The molecule has 154 valence electrons. The third kappa shape index (κ3) is 4.33. The van der Waals surface area contributed by atoms with Crippen LogP contribution in [0.5, 0.6) is 0 Å². The van der Waals surface area contributed by atoms with E-state index in [2.05, 4.69) is 13.8 Å². The molecule has 0 N–H and O–H groups in total. The number of hydrogen-bond donors (Lipinski definition) is 0. The van der Waals surface area contributed by atoms with Crippen molar-refractivity contribution in [2.24, 2.45) is 11.3 Å². The number of carbonyl (C=O) groups excluding carboxylic acids is 2. The zero-order valence-electron chi connectivity index (χ0n) is 16.6. The molecule has 0 spiro atoms. The maximum Gasteiger partial charge on any atom is 0.416 e. The summed E-state index contributed by atoms with van der Waals surface area (Å²) < 4.78 is 38.0. The average Bonchev–Trinajstić information content (AvgIpc) is 2.64. The lowest BCUT2D eigenvalue weighted by Gasteiger charge is -2.45. The van der Waals surface area contributed by atoms with Crippen molar-refractivity contribution in [2.45, 2.75) is 51.7 Å². The minimum absolute atomic E-state index is 0.0170. The molecule has 1 saturated carbocycles. The predicted octanol–water partition coefficient (Wildman–Crippen LogP) is 4.20. The van der Waals surface area contributed by atoms with Crippen LogP contribution in [0.3, 0.4) is 0 Å². The number of benzene rings is 1. The summed E-state index contributed by atoms with van der Waals surface area (Å²) in [6.45, 7) is 5.58. The van der Waals surface area contributed by atoms with Crippen LogP contribution in [-0.2, 0) is 11.0 Å². The molecule has 1 aromatic carbocycles. The van der Waals surface area contributed by atoms with Gasteiger partial charge in [-0.05, 0) is 55.4 Å². The summed E-state index contributed by atoms with van der Waals surface area (Å²) in [6, 6.07) is 4.29. The van der Waals surface area contributed by atoms with E-state index in [0.717, 1.165) is 25.0 Å². The van der Waals surface area contributed by atoms with E-state index in [4.69, 9.17) is 0 Å². The van der Waals surface area contributed by atoms with Crippen LogP contribution in [0.1, 0.15) is 55.5 Å². The van der Waals surface area contributed by atoms with Crippen LogP contribution in [0.15, 0.2) is 24.3 Å². The number of amides is 2. The van der Waals surface area contributed by atoms with Gasteiger partial charge in [0.25, 0.3) is 5.91 Å². The number of hydrogen-bond acceptors (Lipinski definition) is 2. The highest BCUT2D eigenvalue weighted by Gasteiger charge is 2.42. The quantitative estimate of drug-likeness (QED) is 0.768. The zero-order valence-corrected chi connectivity index (χ0v) is 16.6. The standard InChI is InChI=1S/C21H27F3N2O2/c1-20(2)12-15(13-20)19(28)26-10-8-17(9-11-26)25(3)18(27)14-4-6-16(7-5-14)21(22,23)24/h4-7,15,17H,8-13H2,1-3H3. The molecule has 0 bridgehead atoms. The fourth-order valence-corrected chi connectivity index (χ4v) is 4.35. The normalized spacial score (nSPS) is 20.6. The predicted molar refractivity (Wildman–Crippen MR) is 99.6 cm³/mol. The maximum absolute atomic E-state index is 12.7. The second-order valence-corrected chi connectivity index (χ2v) is 8.82. The van der Waals surface area contributed by atoms with Gasteiger partial charge in [0, 0.05) is 37.7 Å². The second-order valence-electron chi connectivity index (χ2n) is 8.82. The van der Waals surface area contributed by atoms with E-state index in [9.17, 15) is 22.8 Å². The molecule has 7 heteroatoms. The lowest BCUT2D eigenvalue weighted by Crippen LogP contribution is -2.51. The summed E-state index contributed by atoms with van der Waals surface area (Å²) in [4.78, 5) is 28.7. The van der Waals surface area contributed by atoms with Crippen molar-refractivity contribution in [2.75, 3.05) is 20.1 Å². The van der Waals surface area contributed by atoms with Crippen LogP contribution in [0.2, 0.25) is 0 Å². The molecule has 4 nitrogen and oxygen atoms in total. The summed E-state index contributed by atoms with van der Waals surface area (Å²) in [5.41, 5.74) is -0.268. The van der Waals surface area contributed by atoms with Crippen molar-refractivity contribution in [1.82, 2.24) is 9.80 Å². The molecule has 1 aromatic rings. The van der Waals surface area contributed by atoms with Gasteiger partial charge in [-0.3, -0.25) is 9.59 Å². The summed E-state index contributed by atoms with van der Waals surface area (Å²) in [7, 11) is 1.68. The summed E-state index contributed by atoms with van der Waals surface area (Å²) >= 11 is 0. The minimum Gasteiger partial charge on any atom is -0.342 e. The zero-order chi connectivity index (χ0) is 20.7. The van der Waals surface area contributed by atoms with Gasteiger partial charge in [0.2, 0.25) is 5.91 Å². The van der Waals surface area contributed by atoms with E-state index >= 15 is 0 Å². The van der Waals surface area contributed by atoms with Crippen molar-refractivity contribution < 1.29 is 22.8 Å². The Hall–Kier alpha value is -2.05. The molecular formula is C21H27F3N2O2. The third-order valence-electron chi connectivity index (χ3n) is 6.05. The fraction of sp³-hybridized carbons (Fsp3) is 0.619. The van der Waals surface area contributed by atoms with Gasteiger partial charge in [-0.2, -0.15) is 13.2 Å². The number of alkyl halides is 3. The molecule has 0 unspecified atom stereocenters. The van der Waals surface area contributed by atoms with Crippen molar-refractivity contribution in [3.8, 4) is 0 Å². The van der Waals surface area contributed by atoms with Gasteiger partial charge in [0.15, 0.2) is 0 Å². The van der Waals surface area contributed by atoms with E-state index in [1.807, 2.05) is 4.90 Å². The van der Waals surface area contributed by atoms with Gasteiger partial charge in [-0.1, -0.05) is 13.8 Å². The van der Waals surface area contributed by atoms with Crippen LogP contribution in [0.25, 0.3) is 0 Å². The van der Waals surface area contributed by atoms with E-state index in [0.29, 0.717) is 25.9 Å². The van der Waals surface area contributed by atoms with Gasteiger partial charge in [0.05, 0.1) is 5.56 Å². The van der Waals surface area contributed by atoms with Gasteiger partial charge in [-0.25, -0.2) is 0 Å². The summed E-state index contributed by atoms with van der Waals surface area (Å²) in [6.07, 6.45) is -1.19. The monoisotopic (exact) mass is 396 g/mol. The molecule has 2 aliphatic rings. The first-order valence-corrected chi connectivity index (χ1v) is 9.71. The van der Waals surface area contributed by atoms with Crippen molar-refractivity contribution in [3.63, 3.8) is 0 Å². The Morgan fingerprint density at radius 3 is 2.07 bits per heavy atom. The van der Waals surface area contributed by atoms with Gasteiger partial charge in [0.1, 0.15) is 0 Å². The maximum atomic E-state index is 12.7. The molecule has 0 aromatic heterocycles. The Balaban J connectivity index is 1.54. The average molecular weight is 396 g/mol. The molecular weight excluding hydrogens is 369 g/mol. The molecule has 28 heavy (non-hydrogen) atoms. The highest BCUT2D eigenvalue weighted by atomic mass is 19.4. The number of rotatable bonds is 3. The van der Waals surface area contributed by atoms with Crippen LogP contribution in [0, 0.1) is 11.3 Å². The van der Waals surface area contributed by atoms with E-state index in [1.165, 1.54) is 12.1 Å². The molecule has 0 atom stereocenters. The molecule has 1 aliphatic heterocycles. The summed E-state index contributed by atoms with van der Waals surface area (Å²) in [5.74, 6) is 0.0480. The van der Waals surface area contributed by atoms with Crippen LogP contribution >= 0.6 is 0 Å². The largest absolute Gasteiger partial charge is 0.416 e. The highest BCUT2D eigenvalue weighted by Crippen LogP contribution is 2.45. The van der Waals surface area contributed by atoms with Crippen molar-refractivity contribution in [3.05, 3.63) is 35.4 Å². The number of carbonyl (C=O) groups is 2. The van der Waals surface area contributed by atoms with Gasteiger partial charge < -0.3 is 9.80 Å². The number of piperidine rings is 1. The third-order valence-corrected chi connectivity index (χ3v) is 6.05. The van der Waals surface area contributed by atoms with Crippen LogP contribution in [-0.4, -0.2) is 47.8 Å². The molecule has 0 radical (unpaired) electrons. The Labute approximate surface area is 163 Å².